The Morgan fingerprint density at radius 3 is 2.50 bits per heavy atom. The van der Waals surface area contributed by atoms with E-state index < -0.39 is 18.4 Å². The Bertz CT molecular complexity index is 192. The molecule has 0 aliphatic heterocycles. The van der Waals surface area contributed by atoms with Crippen LogP contribution in [0.15, 0.2) is 12.2 Å². The van der Waals surface area contributed by atoms with E-state index in [1.807, 2.05) is 0 Å². The Morgan fingerprint density at radius 1 is 1.67 bits per heavy atom. The lowest BCUT2D eigenvalue weighted by molar-refractivity contribution is -0.163. The fourth-order valence-corrected chi connectivity index (χ4v) is 0.508. The number of hydrogen-bond donors (Lipinski definition) is 2. The molecule has 0 saturated carbocycles. The quantitative estimate of drug-likeness (QED) is 0.616. The highest BCUT2D eigenvalue weighted by Gasteiger charge is 2.37. The number of alkyl halides is 2. The van der Waals surface area contributed by atoms with E-state index in [2.05, 4.69) is 11.9 Å². The fourth-order valence-electron chi connectivity index (χ4n) is 0.508. The van der Waals surface area contributed by atoms with E-state index in [9.17, 15) is 13.6 Å². The first-order valence-electron chi connectivity index (χ1n) is 3.32. The van der Waals surface area contributed by atoms with E-state index in [1.165, 1.54) is 0 Å². The number of halogens is 2. The third-order valence-corrected chi connectivity index (χ3v) is 1.09. The summed E-state index contributed by atoms with van der Waals surface area (Å²) in [4.78, 5) is 9.88. The summed E-state index contributed by atoms with van der Waals surface area (Å²) < 4.78 is 24.6. The van der Waals surface area contributed by atoms with Gasteiger partial charge in [0.1, 0.15) is 0 Å². The lowest BCUT2D eigenvalue weighted by Crippen LogP contribution is -2.40. The Hall–Kier alpha value is -0.970. The highest BCUT2D eigenvalue weighted by atomic mass is 19.3. The summed E-state index contributed by atoms with van der Waals surface area (Å²) in [6.07, 6.45) is 0. The van der Waals surface area contributed by atoms with Crippen molar-refractivity contribution < 1.29 is 18.7 Å². The minimum Gasteiger partial charge on any atom is -0.477 e. The minimum absolute atomic E-state index is 0.197. The standard InChI is InChI=1S/C7H11F2NO2/c1-5(2)3-10-4-7(8,9)6(11)12/h10H,1,3-4H2,2H3,(H,11,12). The van der Waals surface area contributed by atoms with Crippen LogP contribution in [0.1, 0.15) is 6.92 Å². The van der Waals surface area contributed by atoms with Crippen LogP contribution in [-0.2, 0) is 4.79 Å². The third-order valence-electron chi connectivity index (χ3n) is 1.09. The SMILES string of the molecule is C=C(C)CNCC(F)(F)C(=O)O. The van der Waals surface area contributed by atoms with Crippen LogP contribution >= 0.6 is 0 Å². The average molecular weight is 179 g/mol. The van der Waals surface area contributed by atoms with E-state index >= 15 is 0 Å². The van der Waals surface area contributed by atoms with Gasteiger partial charge in [-0.3, -0.25) is 0 Å². The molecular weight excluding hydrogens is 168 g/mol. The van der Waals surface area contributed by atoms with Crippen molar-refractivity contribution in [3.8, 4) is 0 Å². The summed E-state index contributed by atoms with van der Waals surface area (Å²) in [6.45, 7) is 4.45. The highest BCUT2D eigenvalue weighted by molar-refractivity contribution is 5.75. The number of aliphatic carboxylic acids is 1. The second-order valence-electron chi connectivity index (χ2n) is 2.57. The van der Waals surface area contributed by atoms with Crippen LogP contribution in [0, 0.1) is 0 Å². The molecule has 0 unspecified atom stereocenters. The molecule has 0 bridgehead atoms. The van der Waals surface area contributed by atoms with Crippen LogP contribution in [0.2, 0.25) is 0 Å². The molecule has 0 amide bonds. The predicted molar refractivity (Wildman–Crippen MR) is 40.3 cm³/mol. The maximum atomic E-state index is 12.3. The highest BCUT2D eigenvalue weighted by Crippen LogP contribution is 2.11. The van der Waals surface area contributed by atoms with Crippen molar-refractivity contribution in [2.75, 3.05) is 13.1 Å². The molecule has 0 radical (unpaired) electrons. The van der Waals surface area contributed by atoms with Crippen LogP contribution in [0.4, 0.5) is 8.78 Å². The van der Waals surface area contributed by atoms with Gasteiger partial charge in [-0.25, -0.2) is 4.79 Å². The van der Waals surface area contributed by atoms with Gasteiger partial charge >= 0.3 is 11.9 Å². The molecule has 0 aromatic rings. The van der Waals surface area contributed by atoms with Gasteiger partial charge in [0.15, 0.2) is 0 Å². The Morgan fingerprint density at radius 2 is 2.17 bits per heavy atom. The van der Waals surface area contributed by atoms with Crippen molar-refractivity contribution in [1.82, 2.24) is 5.32 Å². The zero-order valence-corrected chi connectivity index (χ0v) is 6.73. The lowest BCUT2D eigenvalue weighted by Gasteiger charge is -2.11. The van der Waals surface area contributed by atoms with Crippen LogP contribution in [-0.4, -0.2) is 30.1 Å². The molecule has 0 spiro atoms. The van der Waals surface area contributed by atoms with Crippen molar-refractivity contribution >= 4 is 5.97 Å². The van der Waals surface area contributed by atoms with Gasteiger partial charge in [0.05, 0.1) is 6.54 Å². The van der Waals surface area contributed by atoms with Crippen molar-refractivity contribution in [2.45, 2.75) is 12.8 Å². The van der Waals surface area contributed by atoms with Crippen LogP contribution in [0.3, 0.4) is 0 Å². The van der Waals surface area contributed by atoms with Crippen molar-refractivity contribution in [3.05, 3.63) is 12.2 Å². The number of hydrogen-bond acceptors (Lipinski definition) is 2. The minimum atomic E-state index is -3.70. The van der Waals surface area contributed by atoms with Crippen LogP contribution in [0.25, 0.3) is 0 Å². The summed E-state index contributed by atoms with van der Waals surface area (Å²) in [5, 5.41) is 10.3. The lowest BCUT2D eigenvalue weighted by atomic mass is 10.3. The molecule has 0 atom stereocenters. The van der Waals surface area contributed by atoms with E-state index in [0.717, 1.165) is 0 Å². The number of carboxylic acid groups (broad SMARTS) is 1. The number of carboxylic acids is 1. The smallest absolute Gasteiger partial charge is 0.375 e. The van der Waals surface area contributed by atoms with E-state index in [-0.39, 0.29) is 6.54 Å². The monoisotopic (exact) mass is 179 g/mol. The van der Waals surface area contributed by atoms with Gasteiger partial charge in [-0.2, -0.15) is 8.78 Å². The molecule has 0 fully saturated rings. The van der Waals surface area contributed by atoms with Crippen molar-refractivity contribution in [1.29, 1.82) is 0 Å². The maximum absolute atomic E-state index is 12.3. The Labute approximate surface area is 69.1 Å². The van der Waals surface area contributed by atoms with Gasteiger partial charge in [-0.05, 0) is 6.92 Å². The number of rotatable bonds is 5. The molecule has 0 rings (SSSR count). The fraction of sp³-hybridized carbons (Fsp3) is 0.571. The van der Waals surface area contributed by atoms with E-state index in [0.29, 0.717) is 5.57 Å². The maximum Gasteiger partial charge on any atom is 0.375 e. The predicted octanol–water partition coefficient (Wildman–Crippen LogP) is 0.872. The second-order valence-corrected chi connectivity index (χ2v) is 2.57. The summed E-state index contributed by atoms with van der Waals surface area (Å²) in [6, 6.07) is 0. The number of carbonyl (C=O) groups is 1. The first-order chi connectivity index (χ1) is 5.36. The first kappa shape index (κ1) is 11.0. The zero-order valence-electron chi connectivity index (χ0n) is 6.73. The topological polar surface area (TPSA) is 49.3 Å². The summed E-state index contributed by atoms with van der Waals surface area (Å²) in [5.41, 5.74) is 0.677. The molecule has 0 aliphatic carbocycles. The normalized spacial score (nSPS) is 11.2. The second kappa shape index (κ2) is 4.15. The molecule has 0 aromatic heterocycles. The Kier molecular flexibility index (Phi) is 3.82. The number of nitrogens with one attached hydrogen (secondary N) is 1. The van der Waals surface area contributed by atoms with Gasteiger partial charge in [0, 0.05) is 6.54 Å². The molecular formula is C7H11F2NO2. The first-order valence-corrected chi connectivity index (χ1v) is 3.32. The molecule has 12 heavy (non-hydrogen) atoms. The van der Waals surface area contributed by atoms with Gasteiger partial charge < -0.3 is 10.4 Å². The Balaban J connectivity index is 3.76. The molecule has 5 heteroatoms. The average Bonchev–Trinajstić information content (AvgIpc) is 1.85. The molecule has 0 saturated heterocycles. The van der Waals surface area contributed by atoms with E-state index in [1.54, 1.807) is 6.92 Å². The van der Waals surface area contributed by atoms with Gasteiger partial charge in [-0.15, -0.1) is 0 Å². The van der Waals surface area contributed by atoms with Gasteiger partial charge in [0.2, 0.25) is 0 Å². The molecule has 2 N–H and O–H groups in total. The van der Waals surface area contributed by atoms with Crippen molar-refractivity contribution in [3.63, 3.8) is 0 Å². The summed E-state index contributed by atoms with van der Waals surface area (Å²) in [5.74, 6) is -5.81. The summed E-state index contributed by atoms with van der Waals surface area (Å²) >= 11 is 0. The summed E-state index contributed by atoms with van der Waals surface area (Å²) in [7, 11) is 0. The molecule has 0 aromatic carbocycles. The van der Waals surface area contributed by atoms with Crippen LogP contribution in [0.5, 0.6) is 0 Å². The zero-order chi connectivity index (χ0) is 9.78. The van der Waals surface area contributed by atoms with Gasteiger partial charge in [-0.1, -0.05) is 12.2 Å². The van der Waals surface area contributed by atoms with Crippen LogP contribution < -0.4 is 5.32 Å². The largest absolute Gasteiger partial charge is 0.477 e. The molecule has 70 valence electrons. The van der Waals surface area contributed by atoms with Gasteiger partial charge in [0.25, 0.3) is 0 Å². The molecule has 0 aliphatic rings. The molecule has 0 heterocycles. The molecule has 3 nitrogen and oxygen atoms in total. The van der Waals surface area contributed by atoms with Crippen molar-refractivity contribution in [2.24, 2.45) is 0 Å². The third kappa shape index (κ3) is 4.02. The van der Waals surface area contributed by atoms with E-state index in [4.69, 9.17) is 5.11 Å².